The van der Waals surface area contributed by atoms with Gasteiger partial charge in [-0.2, -0.15) is 0 Å². The van der Waals surface area contributed by atoms with Crippen LogP contribution < -0.4 is 14.7 Å². The zero-order valence-corrected chi connectivity index (χ0v) is 11.1. The largest absolute Gasteiger partial charge is 0.543 e. The molecule has 3 N–H and O–H groups in total. The highest BCUT2D eigenvalue weighted by Crippen LogP contribution is 2.09. The van der Waals surface area contributed by atoms with Crippen LogP contribution >= 0.6 is 0 Å². The molecule has 0 aliphatic rings. The van der Waals surface area contributed by atoms with Gasteiger partial charge in [-0.3, -0.25) is 0 Å². The zero-order valence-electron chi connectivity index (χ0n) is 10.3. The number of quaternary nitrogens is 1. The molecule has 0 saturated heterocycles. The fourth-order valence-electron chi connectivity index (χ4n) is 1.38. The van der Waals surface area contributed by atoms with E-state index in [1.807, 2.05) is 14.1 Å². The average molecular weight is 275 g/mol. The maximum absolute atomic E-state index is 11.8. The first kappa shape index (κ1) is 14.7. The van der Waals surface area contributed by atoms with Gasteiger partial charge >= 0.3 is 0 Å². The molecule has 102 valence electrons. The first-order chi connectivity index (χ1) is 8.33. The molecule has 0 radical (unpaired) electrons. The lowest BCUT2D eigenvalue weighted by molar-refractivity contribution is -0.858. The van der Waals surface area contributed by atoms with Crippen LogP contribution in [0.25, 0.3) is 0 Å². The lowest BCUT2D eigenvalue weighted by atomic mass is 10.4. The van der Waals surface area contributed by atoms with Gasteiger partial charge in [-0.15, -0.1) is 0 Å². The zero-order chi connectivity index (χ0) is 13.8. The predicted octanol–water partition coefficient (Wildman–Crippen LogP) is -2.81. The summed E-state index contributed by atoms with van der Waals surface area (Å²) in [5, 5.41) is 10.5. The smallest absolute Gasteiger partial charge is 0.242 e. The lowest BCUT2D eigenvalue weighted by Gasteiger charge is -2.07. The Morgan fingerprint density at radius 3 is 2.67 bits per heavy atom. The number of aromatic amines is 1. The van der Waals surface area contributed by atoms with Crippen molar-refractivity contribution in [3.63, 3.8) is 0 Å². The number of carbonyl (C=O) groups excluding carboxylic acids is 1. The molecular formula is C10H17N3O4S. The Morgan fingerprint density at radius 1 is 1.50 bits per heavy atom. The molecule has 0 spiro atoms. The van der Waals surface area contributed by atoms with Crippen LogP contribution in [-0.4, -0.2) is 46.6 Å². The van der Waals surface area contributed by atoms with E-state index in [-0.39, 0.29) is 10.6 Å². The molecule has 0 bridgehead atoms. The minimum atomic E-state index is -3.65. The van der Waals surface area contributed by atoms with Gasteiger partial charge in [-0.05, 0) is 6.07 Å². The lowest BCUT2D eigenvalue weighted by Crippen LogP contribution is -3.05. The third-order valence-electron chi connectivity index (χ3n) is 2.33. The molecule has 1 heterocycles. The van der Waals surface area contributed by atoms with Crippen LogP contribution in [0.4, 0.5) is 0 Å². The normalized spacial score (nSPS) is 11.9. The fraction of sp³-hybridized carbons (Fsp3) is 0.500. The number of aromatic carboxylic acids is 1. The molecule has 0 amide bonds. The Bertz CT molecular complexity index is 507. The Hall–Kier alpha value is -1.38. The molecule has 0 aromatic carbocycles. The molecule has 18 heavy (non-hydrogen) atoms. The maximum atomic E-state index is 11.8. The van der Waals surface area contributed by atoms with E-state index >= 15 is 0 Å². The maximum Gasteiger partial charge on any atom is 0.242 e. The molecule has 0 aliphatic heterocycles. The summed E-state index contributed by atoms with van der Waals surface area (Å²) in [6.07, 6.45) is 1.84. The van der Waals surface area contributed by atoms with Crippen molar-refractivity contribution in [2.24, 2.45) is 0 Å². The third-order valence-corrected chi connectivity index (χ3v) is 3.77. The molecule has 1 aromatic heterocycles. The summed E-state index contributed by atoms with van der Waals surface area (Å²) in [5.74, 6) is -1.44. The summed E-state index contributed by atoms with van der Waals surface area (Å²) in [6, 6.07) is 1.04. The van der Waals surface area contributed by atoms with Crippen molar-refractivity contribution in [2.75, 3.05) is 27.2 Å². The van der Waals surface area contributed by atoms with E-state index in [9.17, 15) is 18.3 Å². The Balaban J connectivity index is 2.60. The molecule has 1 rings (SSSR count). The van der Waals surface area contributed by atoms with Crippen molar-refractivity contribution in [1.82, 2.24) is 9.71 Å². The summed E-state index contributed by atoms with van der Waals surface area (Å²) < 4.78 is 25.9. The van der Waals surface area contributed by atoms with Crippen molar-refractivity contribution in [3.8, 4) is 0 Å². The average Bonchev–Trinajstić information content (AvgIpc) is 2.74. The van der Waals surface area contributed by atoms with Crippen molar-refractivity contribution in [2.45, 2.75) is 11.3 Å². The van der Waals surface area contributed by atoms with E-state index < -0.39 is 16.0 Å². The van der Waals surface area contributed by atoms with Gasteiger partial charge in [0.1, 0.15) is 4.90 Å². The van der Waals surface area contributed by atoms with Crippen LogP contribution in [0, 0.1) is 0 Å². The summed E-state index contributed by atoms with van der Waals surface area (Å²) >= 11 is 0. The monoisotopic (exact) mass is 275 g/mol. The van der Waals surface area contributed by atoms with Crippen LogP contribution in [0.15, 0.2) is 17.2 Å². The topological polar surface area (TPSA) is 107 Å². The van der Waals surface area contributed by atoms with Gasteiger partial charge in [0.25, 0.3) is 0 Å². The van der Waals surface area contributed by atoms with Crippen molar-refractivity contribution < 1.29 is 23.2 Å². The Kier molecular flexibility index (Phi) is 4.88. The van der Waals surface area contributed by atoms with E-state index in [4.69, 9.17) is 0 Å². The summed E-state index contributed by atoms with van der Waals surface area (Å²) in [5.41, 5.74) is -0.256. The molecule has 8 heteroatoms. The van der Waals surface area contributed by atoms with Gasteiger partial charge in [0.15, 0.2) is 0 Å². The van der Waals surface area contributed by atoms with Crippen LogP contribution in [0.1, 0.15) is 16.9 Å². The van der Waals surface area contributed by atoms with Crippen molar-refractivity contribution >= 4 is 16.0 Å². The van der Waals surface area contributed by atoms with Gasteiger partial charge in [0, 0.05) is 19.2 Å². The molecule has 0 aliphatic carbocycles. The number of hydrogen-bond acceptors (Lipinski definition) is 4. The molecule has 7 nitrogen and oxygen atoms in total. The highest BCUT2D eigenvalue weighted by molar-refractivity contribution is 7.89. The summed E-state index contributed by atoms with van der Waals surface area (Å²) in [4.78, 5) is 14.0. The number of H-pyrrole nitrogens is 1. The summed E-state index contributed by atoms with van der Waals surface area (Å²) in [6.45, 7) is 1.17. The van der Waals surface area contributed by atoms with Crippen LogP contribution in [-0.2, 0) is 10.0 Å². The number of hydrogen-bond donors (Lipinski definition) is 3. The van der Waals surface area contributed by atoms with Gasteiger partial charge in [0.2, 0.25) is 10.0 Å². The van der Waals surface area contributed by atoms with Gasteiger partial charge in [0.05, 0.1) is 32.3 Å². The summed E-state index contributed by atoms with van der Waals surface area (Å²) in [7, 11) is 0.305. The molecular weight excluding hydrogens is 258 g/mol. The SMILES string of the molecule is C[NH+](C)CCCNS(=O)(=O)c1c[nH]c(C(=O)[O-])c1. The standard InChI is InChI=1S/C10H17N3O4S/c1-13(2)5-3-4-12-18(16,17)8-6-9(10(14)15)11-7-8/h6-7,11-12H,3-5H2,1-2H3,(H,14,15). The van der Waals surface area contributed by atoms with E-state index in [1.165, 1.54) is 4.90 Å². The number of aromatic nitrogens is 1. The highest BCUT2D eigenvalue weighted by atomic mass is 32.2. The second kappa shape index (κ2) is 5.98. The molecule has 0 saturated carbocycles. The van der Waals surface area contributed by atoms with Gasteiger partial charge in [-0.25, -0.2) is 13.1 Å². The molecule has 0 fully saturated rings. The number of carboxylic acids is 1. The minimum Gasteiger partial charge on any atom is -0.543 e. The fourth-order valence-corrected chi connectivity index (χ4v) is 2.45. The molecule has 0 unspecified atom stereocenters. The third kappa shape index (κ3) is 4.13. The molecule has 1 aromatic rings. The van der Waals surface area contributed by atoms with E-state index in [0.717, 1.165) is 18.8 Å². The van der Waals surface area contributed by atoms with Gasteiger partial charge in [-0.1, -0.05) is 0 Å². The number of nitrogens with one attached hydrogen (secondary N) is 3. The number of carbonyl (C=O) groups is 1. The van der Waals surface area contributed by atoms with Crippen molar-refractivity contribution in [1.29, 1.82) is 0 Å². The van der Waals surface area contributed by atoms with Crippen LogP contribution in [0.3, 0.4) is 0 Å². The first-order valence-corrected chi connectivity index (χ1v) is 6.99. The first-order valence-electron chi connectivity index (χ1n) is 5.51. The molecule has 0 atom stereocenters. The number of sulfonamides is 1. The van der Waals surface area contributed by atoms with E-state index in [0.29, 0.717) is 13.0 Å². The number of rotatable bonds is 7. The highest BCUT2D eigenvalue weighted by Gasteiger charge is 2.15. The van der Waals surface area contributed by atoms with Gasteiger partial charge < -0.3 is 19.8 Å². The quantitative estimate of drug-likeness (QED) is 0.467. The van der Waals surface area contributed by atoms with Crippen molar-refractivity contribution in [3.05, 3.63) is 18.0 Å². The van der Waals surface area contributed by atoms with Crippen LogP contribution in [0.2, 0.25) is 0 Å². The van der Waals surface area contributed by atoms with Crippen LogP contribution in [0.5, 0.6) is 0 Å². The van der Waals surface area contributed by atoms with E-state index in [1.54, 1.807) is 0 Å². The van der Waals surface area contributed by atoms with E-state index in [2.05, 4.69) is 9.71 Å². The minimum absolute atomic E-state index is 0.0982. The second-order valence-corrected chi connectivity index (χ2v) is 6.01. The predicted molar refractivity (Wildman–Crippen MR) is 62.6 cm³/mol. The Morgan fingerprint density at radius 2 is 2.17 bits per heavy atom. The Labute approximate surface area is 106 Å². The number of carboxylic acid groups (broad SMARTS) is 1. The second-order valence-electron chi connectivity index (χ2n) is 4.24.